The molecular weight excluding hydrogens is 444 g/mol. The molecule has 0 aliphatic carbocycles. The standard InChI is InChI=1S/C18H21F2N9O4/c1-5-27-16(18(31)24-11-6-21-26(4)9(11)2)12(7-22-27)23-13(30)8-28-10(3)15(29(32)33)14(25-28)17(19)20/h6-7,17H,5,8H2,1-4H3,(H,23,30)(H,24,31). The first-order valence-corrected chi connectivity index (χ1v) is 9.70. The quantitative estimate of drug-likeness (QED) is 0.382. The van der Waals surface area contributed by atoms with Gasteiger partial charge in [-0.05, 0) is 20.8 Å². The van der Waals surface area contributed by atoms with Crippen LogP contribution in [0.1, 0.15) is 40.9 Å². The average Bonchev–Trinajstić information content (AvgIpc) is 3.39. The van der Waals surface area contributed by atoms with Crippen LogP contribution in [0, 0.1) is 24.0 Å². The van der Waals surface area contributed by atoms with Crippen molar-refractivity contribution < 1.29 is 23.3 Å². The third-order valence-electron chi connectivity index (χ3n) is 5.00. The third-order valence-corrected chi connectivity index (χ3v) is 5.00. The van der Waals surface area contributed by atoms with Gasteiger partial charge in [0.1, 0.15) is 17.9 Å². The minimum atomic E-state index is -3.18. The molecule has 3 heterocycles. The highest BCUT2D eigenvalue weighted by molar-refractivity contribution is 6.09. The maximum absolute atomic E-state index is 13.1. The molecule has 0 saturated heterocycles. The van der Waals surface area contributed by atoms with E-state index in [4.69, 9.17) is 0 Å². The number of amides is 2. The summed E-state index contributed by atoms with van der Waals surface area (Å²) in [6, 6.07) is 0. The molecule has 0 radical (unpaired) electrons. The van der Waals surface area contributed by atoms with E-state index in [1.54, 1.807) is 25.6 Å². The predicted molar refractivity (Wildman–Crippen MR) is 111 cm³/mol. The molecule has 3 aromatic heterocycles. The molecular formula is C18H21F2N9O4. The minimum absolute atomic E-state index is 0.0607. The second kappa shape index (κ2) is 9.13. The van der Waals surface area contributed by atoms with Crippen LogP contribution in [-0.2, 0) is 24.9 Å². The Hall–Kier alpha value is -4.17. The van der Waals surface area contributed by atoms with Crippen LogP contribution in [-0.4, -0.2) is 46.1 Å². The van der Waals surface area contributed by atoms with Crippen molar-refractivity contribution in [3.63, 3.8) is 0 Å². The first kappa shape index (κ1) is 23.5. The zero-order valence-electron chi connectivity index (χ0n) is 18.2. The Balaban J connectivity index is 1.83. The molecule has 176 valence electrons. The molecule has 0 atom stereocenters. The van der Waals surface area contributed by atoms with E-state index in [2.05, 4.69) is 25.9 Å². The highest BCUT2D eigenvalue weighted by Crippen LogP contribution is 2.30. The Kier molecular flexibility index (Phi) is 6.50. The monoisotopic (exact) mass is 465 g/mol. The van der Waals surface area contributed by atoms with Crippen LogP contribution in [0.5, 0.6) is 0 Å². The van der Waals surface area contributed by atoms with Gasteiger partial charge in [-0.2, -0.15) is 15.3 Å². The second-order valence-corrected chi connectivity index (χ2v) is 7.03. The minimum Gasteiger partial charge on any atom is -0.321 e. The summed E-state index contributed by atoms with van der Waals surface area (Å²) < 4.78 is 30.0. The van der Waals surface area contributed by atoms with E-state index in [9.17, 15) is 28.5 Å². The van der Waals surface area contributed by atoms with E-state index in [-0.39, 0.29) is 17.1 Å². The van der Waals surface area contributed by atoms with E-state index >= 15 is 0 Å². The first-order chi connectivity index (χ1) is 15.5. The van der Waals surface area contributed by atoms with Crippen LogP contribution in [0.4, 0.5) is 25.8 Å². The van der Waals surface area contributed by atoms with Gasteiger partial charge in [-0.25, -0.2) is 8.78 Å². The largest absolute Gasteiger partial charge is 0.321 e. The van der Waals surface area contributed by atoms with Gasteiger partial charge in [0.15, 0.2) is 0 Å². The van der Waals surface area contributed by atoms with E-state index in [1.165, 1.54) is 24.0 Å². The van der Waals surface area contributed by atoms with Crippen LogP contribution in [0.2, 0.25) is 0 Å². The molecule has 0 fully saturated rings. The van der Waals surface area contributed by atoms with Gasteiger partial charge in [0.05, 0.1) is 34.4 Å². The molecule has 33 heavy (non-hydrogen) atoms. The Morgan fingerprint density at radius 3 is 2.30 bits per heavy atom. The zero-order valence-corrected chi connectivity index (χ0v) is 18.2. The van der Waals surface area contributed by atoms with Gasteiger partial charge in [0.25, 0.3) is 12.3 Å². The van der Waals surface area contributed by atoms with E-state index < -0.39 is 41.1 Å². The molecule has 15 heteroatoms. The summed E-state index contributed by atoms with van der Waals surface area (Å²) >= 11 is 0. The normalized spacial score (nSPS) is 11.1. The fraction of sp³-hybridized carbons (Fsp3) is 0.389. The Bertz CT molecular complexity index is 1230. The number of carbonyl (C=O) groups excluding carboxylic acids is 2. The van der Waals surface area contributed by atoms with Gasteiger partial charge in [0.2, 0.25) is 11.6 Å². The molecule has 13 nitrogen and oxygen atoms in total. The summed E-state index contributed by atoms with van der Waals surface area (Å²) in [6.07, 6.45) is -0.427. The number of aromatic nitrogens is 6. The molecule has 0 aliphatic heterocycles. The van der Waals surface area contributed by atoms with Gasteiger partial charge >= 0.3 is 5.69 Å². The number of rotatable bonds is 8. The Labute approximate surface area is 185 Å². The SMILES string of the molecule is CCn1ncc(NC(=O)Cn2nc(C(F)F)c([N+](=O)[O-])c2C)c1C(=O)Nc1cnn(C)c1C. The summed E-state index contributed by atoms with van der Waals surface area (Å²) in [5.74, 6) is -1.29. The van der Waals surface area contributed by atoms with Gasteiger partial charge in [-0.3, -0.25) is 33.7 Å². The lowest BCUT2D eigenvalue weighted by molar-refractivity contribution is -0.386. The van der Waals surface area contributed by atoms with Crippen LogP contribution in [0.3, 0.4) is 0 Å². The molecule has 0 aliphatic rings. The summed E-state index contributed by atoms with van der Waals surface area (Å²) in [7, 11) is 1.72. The number of alkyl halides is 2. The van der Waals surface area contributed by atoms with Crippen LogP contribution >= 0.6 is 0 Å². The molecule has 0 bridgehead atoms. The smallest absolute Gasteiger partial charge is 0.319 e. The summed E-state index contributed by atoms with van der Waals surface area (Å²) in [5.41, 5.74) is -0.733. The molecule has 0 spiro atoms. The lowest BCUT2D eigenvalue weighted by Gasteiger charge is -2.10. The van der Waals surface area contributed by atoms with E-state index in [1.807, 2.05) is 0 Å². The molecule has 2 N–H and O–H groups in total. The highest BCUT2D eigenvalue weighted by Gasteiger charge is 2.31. The topological polar surface area (TPSA) is 155 Å². The number of nitrogens with one attached hydrogen (secondary N) is 2. The van der Waals surface area contributed by atoms with Crippen LogP contribution in [0.15, 0.2) is 12.4 Å². The van der Waals surface area contributed by atoms with Gasteiger partial charge in [-0.1, -0.05) is 0 Å². The Morgan fingerprint density at radius 1 is 1.12 bits per heavy atom. The van der Waals surface area contributed by atoms with Gasteiger partial charge < -0.3 is 10.6 Å². The van der Waals surface area contributed by atoms with E-state index in [0.29, 0.717) is 17.9 Å². The molecule has 3 aromatic rings. The number of halogens is 2. The van der Waals surface area contributed by atoms with Crippen molar-refractivity contribution in [1.82, 2.24) is 29.3 Å². The number of hydrogen-bond acceptors (Lipinski definition) is 7. The van der Waals surface area contributed by atoms with Crippen molar-refractivity contribution in [1.29, 1.82) is 0 Å². The zero-order chi connectivity index (χ0) is 24.4. The first-order valence-electron chi connectivity index (χ1n) is 9.70. The van der Waals surface area contributed by atoms with Crippen molar-refractivity contribution in [2.24, 2.45) is 7.05 Å². The van der Waals surface area contributed by atoms with Gasteiger partial charge in [0, 0.05) is 13.6 Å². The maximum atomic E-state index is 13.1. The lowest BCUT2D eigenvalue weighted by Crippen LogP contribution is -2.24. The molecule has 0 saturated carbocycles. The van der Waals surface area contributed by atoms with Crippen LogP contribution in [0.25, 0.3) is 0 Å². The molecule has 3 rings (SSSR count). The summed E-state index contributed by atoms with van der Waals surface area (Å²) in [4.78, 5) is 35.6. The molecule has 0 aromatic carbocycles. The van der Waals surface area contributed by atoms with Crippen LogP contribution < -0.4 is 10.6 Å². The predicted octanol–water partition coefficient (Wildman–Crippen LogP) is 2.19. The van der Waals surface area contributed by atoms with Gasteiger partial charge in [-0.15, -0.1) is 0 Å². The van der Waals surface area contributed by atoms with Crippen molar-refractivity contribution in [2.75, 3.05) is 10.6 Å². The maximum Gasteiger partial charge on any atom is 0.319 e. The number of nitro groups is 1. The summed E-state index contributed by atoms with van der Waals surface area (Å²) in [5, 5.41) is 28.0. The van der Waals surface area contributed by atoms with Crippen molar-refractivity contribution in [2.45, 2.75) is 40.3 Å². The molecule has 2 amide bonds. The van der Waals surface area contributed by atoms with Crippen molar-refractivity contribution in [3.05, 3.63) is 45.3 Å². The Morgan fingerprint density at radius 2 is 1.79 bits per heavy atom. The van der Waals surface area contributed by atoms with E-state index in [0.717, 1.165) is 4.68 Å². The highest BCUT2D eigenvalue weighted by atomic mass is 19.3. The molecule has 0 unspecified atom stereocenters. The fourth-order valence-electron chi connectivity index (χ4n) is 3.17. The lowest BCUT2D eigenvalue weighted by atomic mass is 10.3. The number of carbonyl (C=O) groups is 2. The average molecular weight is 465 g/mol. The fourth-order valence-corrected chi connectivity index (χ4v) is 3.17. The second-order valence-electron chi connectivity index (χ2n) is 7.03. The van der Waals surface area contributed by atoms with Crippen molar-refractivity contribution >= 4 is 28.9 Å². The van der Waals surface area contributed by atoms with Crippen molar-refractivity contribution in [3.8, 4) is 0 Å². The summed E-state index contributed by atoms with van der Waals surface area (Å²) in [6.45, 7) is 4.48. The third kappa shape index (κ3) is 4.56. The number of aryl methyl sites for hydroxylation is 2. The number of nitrogens with zero attached hydrogens (tertiary/aromatic N) is 7. The number of anilines is 2. The number of hydrogen-bond donors (Lipinski definition) is 2.